The van der Waals surface area contributed by atoms with Gasteiger partial charge in [-0.3, -0.25) is 9.36 Å². The van der Waals surface area contributed by atoms with E-state index in [1.165, 1.54) is 0 Å². The first-order chi connectivity index (χ1) is 11.2. The molecule has 116 valence electrons. The van der Waals surface area contributed by atoms with E-state index in [4.69, 9.17) is 4.74 Å². The van der Waals surface area contributed by atoms with Gasteiger partial charge in [0.25, 0.3) is 0 Å². The average Bonchev–Trinajstić information content (AvgIpc) is 2.91. The smallest absolute Gasteiger partial charge is 0.234 e. The van der Waals surface area contributed by atoms with Crippen molar-refractivity contribution < 1.29 is 9.53 Å². The molecule has 0 radical (unpaired) electrons. The van der Waals surface area contributed by atoms with E-state index in [0.717, 1.165) is 46.3 Å². The van der Waals surface area contributed by atoms with Crippen LogP contribution in [-0.2, 0) is 6.42 Å². The molecule has 1 aliphatic rings. The lowest BCUT2D eigenvalue weighted by molar-refractivity contribution is 0.0973. The van der Waals surface area contributed by atoms with Gasteiger partial charge in [0.2, 0.25) is 5.95 Å². The molecule has 2 aromatic heterocycles. The van der Waals surface area contributed by atoms with Gasteiger partial charge in [-0.05, 0) is 43.5 Å². The quantitative estimate of drug-likeness (QED) is 0.729. The number of ether oxygens (including phenoxy) is 1. The van der Waals surface area contributed by atoms with E-state index in [-0.39, 0.29) is 5.78 Å². The highest BCUT2D eigenvalue weighted by molar-refractivity contribution is 6.11. The van der Waals surface area contributed by atoms with Gasteiger partial charge >= 0.3 is 0 Å². The van der Waals surface area contributed by atoms with Gasteiger partial charge in [-0.15, -0.1) is 0 Å². The summed E-state index contributed by atoms with van der Waals surface area (Å²) in [7, 11) is 1.65. The summed E-state index contributed by atoms with van der Waals surface area (Å²) in [6.45, 7) is 2.03. The topological polar surface area (TPSA) is 57.0 Å². The molecule has 2 heterocycles. The number of hydrogen-bond acceptors (Lipinski definition) is 4. The third-order valence-corrected chi connectivity index (χ3v) is 4.41. The number of Topliss-reactive ketones (excluding diaryl/α,β-unsaturated/α-hetero) is 1. The van der Waals surface area contributed by atoms with E-state index in [2.05, 4.69) is 9.97 Å². The molecule has 0 saturated carbocycles. The summed E-state index contributed by atoms with van der Waals surface area (Å²) in [5.74, 6) is 1.57. The first-order valence-electron chi connectivity index (χ1n) is 7.73. The van der Waals surface area contributed by atoms with E-state index >= 15 is 0 Å². The number of benzene rings is 1. The number of aromatic nitrogens is 3. The van der Waals surface area contributed by atoms with Gasteiger partial charge in [-0.25, -0.2) is 9.97 Å². The molecule has 4 rings (SSSR count). The van der Waals surface area contributed by atoms with Crippen LogP contribution >= 0.6 is 0 Å². The molecule has 5 nitrogen and oxygen atoms in total. The number of carbonyl (C=O) groups excluding carboxylic acids is 1. The van der Waals surface area contributed by atoms with Crippen molar-refractivity contribution in [3.05, 3.63) is 47.4 Å². The molecule has 0 aliphatic heterocycles. The zero-order valence-corrected chi connectivity index (χ0v) is 13.2. The van der Waals surface area contributed by atoms with Crippen LogP contribution < -0.4 is 4.74 Å². The molecule has 23 heavy (non-hydrogen) atoms. The molecule has 0 amide bonds. The molecule has 3 aromatic rings. The maximum atomic E-state index is 12.6. The molecular weight excluding hydrogens is 290 g/mol. The van der Waals surface area contributed by atoms with Crippen molar-refractivity contribution in [3.63, 3.8) is 0 Å². The van der Waals surface area contributed by atoms with Gasteiger partial charge in [0.05, 0.1) is 12.6 Å². The van der Waals surface area contributed by atoms with Gasteiger partial charge < -0.3 is 4.74 Å². The van der Waals surface area contributed by atoms with Crippen molar-refractivity contribution in [1.82, 2.24) is 14.5 Å². The predicted octanol–water partition coefficient (Wildman–Crippen LogP) is 3.26. The van der Waals surface area contributed by atoms with E-state index in [0.29, 0.717) is 12.4 Å². The molecule has 0 fully saturated rings. The third-order valence-electron chi connectivity index (χ3n) is 4.41. The minimum absolute atomic E-state index is 0.193. The molecule has 5 heteroatoms. The summed E-state index contributed by atoms with van der Waals surface area (Å²) >= 11 is 0. The number of aryl methyl sites for hydroxylation is 1. The first kappa shape index (κ1) is 13.9. The van der Waals surface area contributed by atoms with Crippen LogP contribution in [0.25, 0.3) is 16.9 Å². The second-order valence-electron chi connectivity index (χ2n) is 5.82. The summed E-state index contributed by atoms with van der Waals surface area (Å²) in [5, 5.41) is 0.939. The molecule has 1 aromatic carbocycles. The Hall–Kier alpha value is -2.69. The Balaban J connectivity index is 2.16. The van der Waals surface area contributed by atoms with Crippen LogP contribution in [0, 0.1) is 6.92 Å². The Labute approximate surface area is 133 Å². The van der Waals surface area contributed by atoms with Crippen LogP contribution in [-0.4, -0.2) is 27.4 Å². The van der Waals surface area contributed by atoms with Gasteiger partial charge in [-0.2, -0.15) is 0 Å². The monoisotopic (exact) mass is 307 g/mol. The highest BCUT2D eigenvalue weighted by Gasteiger charge is 2.28. The Morgan fingerprint density at radius 1 is 1.17 bits per heavy atom. The van der Waals surface area contributed by atoms with Crippen molar-refractivity contribution >= 4 is 16.7 Å². The van der Waals surface area contributed by atoms with E-state index < -0.39 is 0 Å². The van der Waals surface area contributed by atoms with Gasteiger partial charge in [-0.1, -0.05) is 0 Å². The van der Waals surface area contributed by atoms with E-state index in [1.807, 2.05) is 23.6 Å². The lowest BCUT2D eigenvalue weighted by Crippen LogP contribution is -2.13. The van der Waals surface area contributed by atoms with Crippen molar-refractivity contribution in [3.8, 4) is 11.7 Å². The summed E-state index contributed by atoms with van der Waals surface area (Å²) in [4.78, 5) is 21.4. The minimum atomic E-state index is 0.193. The third kappa shape index (κ3) is 2.04. The highest BCUT2D eigenvalue weighted by Crippen LogP contribution is 2.37. The van der Waals surface area contributed by atoms with Crippen LogP contribution in [0.3, 0.4) is 0 Å². The Morgan fingerprint density at radius 2 is 1.96 bits per heavy atom. The number of ketones is 1. The number of fused-ring (bicyclic) bond motifs is 3. The molecule has 1 aliphatic carbocycles. The number of carbonyl (C=O) groups is 1. The van der Waals surface area contributed by atoms with Crippen molar-refractivity contribution in [1.29, 1.82) is 0 Å². The minimum Gasteiger partial charge on any atom is -0.497 e. The van der Waals surface area contributed by atoms with Crippen LogP contribution in [0.1, 0.15) is 34.5 Å². The zero-order chi connectivity index (χ0) is 16.0. The highest BCUT2D eigenvalue weighted by atomic mass is 16.5. The SMILES string of the molecule is COc1cc(C)c2c(c1)c1c(n2-c2ncccn2)CCCC1=O. The molecule has 0 unspecified atom stereocenters. The average molecular weight is 307 g/mol. The Bertz CT molecular complexity index is 913. The summed E-state index contributed by atoms with van der Waals surface area (Å²) < 4.78 is 7.43. The van der Waals surface area contributed by atoms with Crippen LogP contribution in [0.15, 0.2) is 30.6 Å². The number of hydrogen-bond donors (Lipinski definition) is 0. The Kier molecular flexibility index (Phi) is 3.15. The molecule has 0 bridgehead atoms. The van der Waals surface area contributed by atoms with Gasteiger partial charge in [0.1, 0.15) is 5.75 Å². The number of methoxy groups -OCH3 is 1. The maximum Gasteiger partial charge on any atom is 0.234 e. The second kappa shape index (κ2) is 5.19. The normalized spacial score (nSPS) is 14.1. The molecule has 0 atom stereocenters. The van der Waals surface area contributed by atoms with Crippen molar-refractivity contribution in [2.45, 2.75) is 26.2 Å². The fourth-order valence-electron chi connectivity index (χ4n) is 3.47. The van der Waals surface area contributed by atoms with E-state index in [1.54, 1.807) is 25.6 Å². The predicted molar refractivity (Wildman–Crippen MR) is 87.4 cm³/mol. The van der Waals surface area contributed by atoms with Crippen LogP contribution in [0.2, 0.25) is 0 Å². The maximum absolute atomic E-state index is 12.6. The van der Waals surface area contributed by atoms with Crippen molar-refractivity contribution in [2.75, 3.05) is 7.11 Å². The first-order valence-corrected chi connectivity index (χ1v) is 7.73. The second-order valence-corrected chi connectivity index (χ2v) is 5.82. The van der Waals surface area contributed by atoms with Crippen LogP contribution in [0.4, 0.5) is 0 Å². The van der Waals surface area contributed by atoms with Crippen molar-refractivity contribution in [2.24, 2.45) is 0 Å². The standard InChI is InChI=1S/C18H17N3O2/c1-11-9-12(23-2)10-13-16-14(5-3-6-15(16)22)21(17(11)13)18-19-7-4-8-20-18/h4,7-10H,3,5-6H2,1-2H3. The van der Waals surface area contributed by atoms with Gasteiger partial charge in [0.15, 0.2) is 5.78 Å². The van der Waals surface area contributed by atoms with E-state index in [9.17, 15) is 4.79 Å². The lowest BCUT2D eigenvalue weighted by atomic mass is 9.94. The number of nitrogens with zero attached hydrogens (tertiary/aromatic N) is 3. The summed E-state index contributed by atoms with van der Waals surface area (Å²) in [5.41, 5.74) is 3.87. The molecule has 0 spiro atoms. The van der Waals surface area contributed by atoms with Crippen LogP contribution in [0.5, 0.6) is 5.75 Å². The molecular formula is C18H17N3O2. The lowest BCUT2D eigenvalue weighted by Gasteiger charge is -2.14. The fourth-order valence-corrected chi connectivity index (χ4v) is 3.47. The van der Waals surface area contributed by atoms with Gasteiger partial charge in [0, 0.05) is 35.5 Å². The Morgan fingerprint density at radius 3 is 2.70 bits per heavy atom. The molecule has 0 saturated heterocycles. The zero-order valence-electron chi connectivity index (χ0n) is 13.2. The fraction of sp³-hybridized carbons (Fsp3) is 0.278. The summed E-state index contributed by atoms with van der Waals surface area (Å²) in [6.07, 6.45) is 5.77. The molecule has 0 N–H and O–H groups in total. The summed E-state index contributed by atoms with van der Waals surface area (Å²) in [6, 6.07) is 5.73. The largest absolute Gasteiger partial charge is 0.497 e. The number of rotatable bonds is 2.